The maximum Gasteiger partial charge on any atom is 0.346 e. The van der Waals surface area contributed by atoms with E-state index < -0.39 is 6.10 Å². The number of para-hydroxylation sites is 1. The highest BCUT2D eigenvalue weighted by Crippen LogP contribution is 2.19. The van der Waals surface area contributed by atoms with Crippen molar-refractivity contribution in [3.05, 3.63) is 29.8 Å². The fourth-order valence-corrected chi connectivity index (χ4v) is 1.66. The molecule has 1 N–H and O–H groups in total. The summed E-state index contributed by atoms with van der Waals surface area (Å²) in [5.74, 6) is 0.948. The van der Waals surface area contributed by atoms with Crippen LogP contribution in [0.25, 0.3) is 0 Å². The van der Waals surface area contributed by atoms with E-state index >= 15 is 0 Å². The average Bonchev–Trinajstić information content (AvgIpc) is 2.39. The summed E-state index contributed by atoms with van der Waals surface area (Å²) in [7, 11) is 1.36. The molecule has 4 nitrogen and oxygen atoms in total. The average molecular weight is 265 g/mol. The van der Waals surface area contributed by atoms with Crippen LogP contribution in [0.1, 0.15) is 26.3 Å². The number of ether oxygens (including phenoxy) is 2. The van der Waals surface area contributed by atoms with Gasteiger partial charge in [0.05, 0.1) is 7.11 Å². The zero-order valence-corrected chi connectivity index (χ0v) is 12.1. The molecule has 0 fully saturated rings. The van der Waals surface area contributed by atoms with Crippen LogP contribution in [0.4, 0.5) is 0 Å². The van der Waals surface area contributed by atoms with Gasteiger partial charge >= 0.3 is 5.97 Å². The van der Waals surface area contributed by atoms with Crippen LogP contribution < -0.4 is 10.1 Å². The minimum absolute atomic E-state index is 0.370. The lowest BCUT2D eigenvalue weighted by atomic mass is 10.1. The van der Waals surface area contributed by atoms with Crippen molar-refractivity contribution < 1.29 is 14.3 Å². The molecule has 106 valence electrons. The quantitative estimate of drug-likeness (QED) is 0.769. The van der Waals surface area contributed by atoms with Crippen LogP contribution in [0, 0.1) is 5.92 Å². The first kappa shape index (κ1) is 15.5. The van der Waals surface area contributed by atoms with Gasteiger partial charge in [-0.25, -0.2) is 4.79 Å². The Labute approximate surface area is 115 Å². The predicted octanol–water partition coefficient (Wildman–Crippen LogP) is 2.37. The fraction of sp³-hybridized carbons (Fsp3) is 0.533. The molecular weight excluding hydrogens is 242 g/mol. The lowest BCUT2D eigenvalue weighted by Gasteiger charge is -2.16. The number of nitrogens with one attached hydrogen (secondary N) is 1. The van der Waals surface area contributed by atoms with Crippen molar-refractivity contribution in [3.8, 4) is 5.75 Å². The van der Waals surface area contributed by atoms with E-state index in [-0.39, 0.29) is 5.97 Å². The van der Waals surface area contributed by atoms with Crippen LogP contribution >= 0.6 is 0 Å². The first-order valence-electron chi connectivity index (χ1n) is 6.57. The van der Waals surface area contributed by atoms with Gasteiger partial charge in [-0.15, -0.1) is 0 Å². The van der Waals surface area contributed by atoms with Gasteiger partial charge in [-0.3, -0.25) is 0 Å². The summed E-state index contributed by atoms with van der Waals surface area (Å²) in [5, 5.41) is 3.36. The van der Waals surface area contributed by atoms with E-state index in [9.17, 15) is 4.79 Å². The molecule has 1 aromatic rings. The molecule has 0 aliphatic rings. The molecule has 1 unspecified atom stereocenters. The maximum absolute atomic E-state index is 11.4. The Morgan fingerprint density at radius 3 is 2.58 bits per heavy atom. The van der Waals surface area contributed by atoms with E-state index in [0.29, 0.717) is 5.92 Å². The van der Waals surface area contributed by atoms with E-state index in [1.54, 1.807) is 6.92 Å². The summed E-state index contributed by atoms with van der Waals surface area (Å²) in [4.78, 5) is 11.4. The van der Waals surface area contributed by atoms with Crippen molar-refractivity contribution in [2.75, 3.05) is 13.7 Å². The molecule has 0 aliphatic heterocycles. The molecule has 0 bridgehead atoms. The van der Waals surface area contributed by atoms with E-state index in [0.717, 1.165) is 24.4 Å². The summed E-state index contributed by atoms with van der Waals surface area (Å²) < 4.78 is 10.3. The predicted molar refractivity (Wildman–Crippen MR) is 75.1 cm³/mol. The van der Waals surface area contributed by atoms with Crippen LogP contribution in [0.3, 0.4) is 0 Å². The van der Waals surface area contributed by atoms with Crippen LogP contribution in [-0.4, -0.2) is 25.7 Å². The largest absolute Gasteiger partial charge is 0.479 e. The second-order valence-electron chi connectivity index (χ2n) is 4.92. The van der Waals surface area contributed by atoms with Gasteiger partial charge in [-0.05, 0) is 25.5 Å². The summed E-state index contributed by atoms with van der Waals surface area (Å²) >= 11 is 0. The number of rotatable bonds is 7. The minimum Gasteiger partial charge on any atom is -0.479 e. The first-order valence-corrected chi connectivity index (χ1v) is 6.57. The van der Waals surface area contributed by atoms with Gasteiger partial charge in [-0.1, -0.05) is 32.0 Å². The standard InChI is InChI=1S/C15H23NO3/c1-11(2)9-16-10-13-7-5-6-8-14(13)19-12(3)15(17)18-4/h5-8,11-12,16H,9-10H2,1-4H3. The minimum atomic E-state index is -0.601. The Bertz CT molecular complexity index is 404. The highest BCUT2D eigenvalue weighted by Gasteiger charge is 2.16. The molecule has 0 aromatic heterocycles. The summed E-state index contributed by atoms with van der Waals surface area (Å²) in [6.45, 7) is 7.68. The molecule has 0 radical (unpaired) electrons. The third-order valence-corrected chi connectivity index (χ3v) is 2.68. The lowest BCUT2D eigenvalue weighted by molar-refractivity contribution is -0.147. The molecule has 1 atom stereocenters. The Balaban J connectivity index is 2.64. The molecule has 0 amide bonds. The smallest absolute Gasteiger partial charge is 0.346 e. The molecular formula is C15H23NO3. The van der Waals surface area contributed by atoms with E-state index in [1.165, 1.54) is 7.11 Å². The molecule has 0 aliphatic carbocycles. The Kier molecular flexibility index (Phi) is 6.36. The van der Waals surface area contributed by atoms with Crippen molar-refractivity contribution in [2.24, 2.45) is 5.92 Å². The van der Waals surface area contributed by atoms with Crippen LogP contribution in [0.5, 0.6) is 5.75 Å². The number of benzene rings is 1. The number of hydrogen-bond acceptors (Lipinski definition) is 4. The van der Waals surface area contributed by atoms with Crippen LogP contribution in [0.2, 0.25) is 0 Å². The van der Waals surface area contributed by atoms with Crippen molar-refractivity contribution in [3.63, 3.8) is 0 Å². The normalized spacial score (nSPS) is 12.3. The highest BCUT2D eigenvalue weighted by molar-refractivity contribution is 5.74. The van der Waals surface area contributed by atoms with Gasteiger partial charge in [-0.2, -0.15) is 0 Å². The highest BCUT2D eigenvalue weighted by atomic mass is 16.6. The second kappa shape index (κ2) is 7.79. The van der Waals surface area contributed by atoms with E-state index in [1.807, 2.05) is 24.3 Å². The van der Waals surface area contributed by atoms with Crippen molar-refractivity contribution in [2.45, 2.75) is 33.4 Å². The second-order valence-corrected chi connectivity index (χ2v) is 4.92. The monoisotopic (exact) mass is 265 g/mol. The summed E-state index contributed by atoms with van der Waals surface area (Å²) in [5.41, 5.74) is 1.04. The summed E-state index contributed by atoms with van der Waals surface area (Å²) in [6, 6.07) is 7.71. The molecule has 0 saturated heterocycles. The number of esters is 1. The number of hydrogen-bond donors (Lipinski definition) is 1. The first-order chi connectivity index (χ1) is 9.04. The van der Waals surface area contributed by atoms with Crippen LogP contribution in [0.15, 0.2) is 24.3 Å². The topological polar surface area (TPSA) is 47.6 Å². The van der Waals surface area contributed by atoms with Gasteiger partial charge in [0, 0.05) is 12.1 Å². The van der Waals surface area contributed by atoms with Gasteiger partial charge < -0.3 is 14.8 Å². The molecule has 0 heterocycles. The molecule has 0 spiro atoms. The molecule has 1 rings (SSSR count). The Hall–Kier alpha value is -1.55. The SMILES string of the molecule is COC(=O)C(C)Oc1ccccc1CNCC(C)C. The molecule has 0 saturated carbocycles. The van der Waals surface area contributed by atoms with Gasteiger partial charge in [0.15, 0.2) is 6.10 Å². The number of carbonyl (C=O) groups is 1. The fourth-order valence-electron chi connectivity index (χ4n) is 1.66. The van der Waals surface area contributed by atoms with Crippen molar-refractivity contribution >= 4 is 5.97 Å². The number of methoxy groups -OCH3 is 1. The third-order valence-electron chi connectivity index (χ3n) is 2.68. The van der Waals surface area contributed by atoms with E-state index in [4.69, 9.17) is 4.74 Å². The lowest BCUT2D eigenvalue weighted by Crippen LogP contribution is -2.26. The zero-order valence-electron chi connectivity index (χ0n) is 12.1. The van der Waals surface area contributed by atoms with Gasteiger partial charge in [0.25, 0.3) is 0 Å². The van der Waals surface area contributed by atoms with E-state index in [2.05, 4.69) is 23.9 Å². The molecule has 1 aromatic carbocycles. The maximum atomic E-state index is 11.4. The van der Waals surface area contributed by atoms with Gasteiger partial charge in [0.2, 0.25) is 0 Å². The Morgan fingerprint density at radius 1 is 1.26 bits per heavy atom. The third kappa shape index (κ3) is 5.30. The Morgan fingerprint density at radius 2 is 1.95 bits per heavy atom. The zero-order chi connectivity index (χ0) is 14.3. The molecule has 4 heteroatoms. The summed E-state index contributed by atoms with van der Waals surface area (Å²) in [6.07, 6.45) is -0.601. The molecule has 19 heavy (non-hydrogen) atoms. The van der Waals surface area contributed by atoms with Crippen LogP contribution in [-0.2, 0) is 16.1 Å². The van der Waals surface area contributed by atoms with Crippen molar-refractivity contribution in [1.29, 1.82) is 0 Å². The number of carbonyl (C=O) groups excluding carboxylic acids is 1. The van der Waals surface area contributed by atoms with Gasteiger partial charge in [0.1, 0.15) is 5.75 Å². The van der Waals surface area contributed by atoms with Crippen molar-refractivity contribution in [1.82, 2.24) is 5.32 Å².